The summed E-state index contributed by atoms with van der Waals surface area (Å²) >= 11 is 5.97. The van der Waals surface area contributed by atoms with Gasteiger partial charge in [-0.2, -0.15) is 0 Å². The second-order valence-electron chi connectivity index (χ2n) is 5.38. The van der Waals surface area contributed by atoms with Gasteiger partial charge in [-0.3, -0.25) is 0 Å². The van der Waals surface area contributed by atoms with E-state index in [9.17, 15) is 9.90 Å². The van der Waals surface area contributed by atoms with Crippen molar-refractivity contribution in [3.8, 4) is 0 Å². The molecule has 3 nitrogen and oxygen atoms in total. The summed E-state index contributed by atoms with van der Waals surface area (Å²) in [5.74, 6) is -0.934. The Hall–Kier alpha value is -2.00. The number of halogens is 1. The van der Waals surface area contributed by atoms with E-state index in [4.69, 9.17) is 11.6 Å². The zero-order valence-electron chi connectivity index (χ0n) is 12.3. The summed E-state index contributed by atoms with van der Waals surface area (Å²) in [6.07, 6.45) is 0. The zero-order chi connectivity index (χ0) is 15.6. The maximum Gasteiger partial charge on any atom is 0.333 e. The van der Waals surface area contributed by atoms with Crippen LogP contribution in [0.1, 0.15) is 23.6 Å². The maximum absolute atomic E-state index is 11.9. The maximum atomic E-state index is 11.9. The van der Waals surface area contributed by atoms with Gasteiger partial charge in [0.05, 0.1) is 0 Å². The van der Waals surface area contributed by atoms with Crippen LogP contribution in [-0.2, 0) is 10.3 Å². The third-order valence-electron chi connectivity index (χ3n) is 3.58. The van der Waals surface area contributed by atoms with Crippen molar-refractivity contribution in [2.45, 2.75) is 26.3 Å². The number of carboxylic acids is 1. The average Bonchev–Trinajstić information content (AvgIpc) is 2.41. The van der Waals surface area contributed by atoms with Gasteiger partial charge in [0.25, 0.3) is 0 Å². The van der Waals surface area contributed by atoms with Crippen molar-refractivity contribution < 1.29 is 9.90 Å². The molecule has 1 atom stereocenters. The first-order valence-corrected chi connectivity index (χ1v) is 7.05. The quantitative estimate of drug-likeness (QED) is 0.882. The van der Waals surface area contributed by atoms with Crippen LogP contribution in [-0.4, -0.2) is 11.1 Å². The van der Waals surface area contributed by atoms with Gasteiger partial charge in [-0.1, -0.05) is 41.4 Å². The van der Waals surface area contributed by atoms with Crippen molar-refractivity contribution in [1.29, 1.82) is 0 Å². The van der Waals surface area contributed by atoms with E-state index < -0.39 is 11.5 Å². The molecule has 0 aromatic heterocycles. The SMILES string of the molecule is Cc1ccc(C)c(C(C)(Nc2cccc(Cl)c2)C(=O)O)c1. The van der Waals surface area contributed by atoms with Gasteiger partial charge in [0, 0.05) is 10.7 Å². The largest absolute Gasteiger partial charge is 0.479 e. The van der Waals surface area contributed by atoms with Crippen LogP contribution in [0.3, 0.4) is 0 Å². The first kappa shape index (κ1) is 15.4. The van der Waals surface area contributed by atoms with Crippen LogP contribution in [0.5, 0.6) is 0 Å². The monoisotopic (exact) mass is 303 g/mol. The van der Waals surface area contributed by atoms with Gasteiger partial charge in [0.1, 0.15) is 0 Å². The lowest BCUT2D eigenvalue weighted by molar-refractivity contribution is -0.142. The third-order valence-corrected chi connectivity index (χ3v) is 3.81. The Bertz CT molecular complexity index is 684. The highest BCUT2D eigenvalue weighted by atomic mass is 35.5. The van der Waals surface area contributed by atoms with Crippen molar-refractivity contribution in [3.63, 3.8) is 0 Å². The molecule has 0 spiro atoms. The third kappa shape index (κ3) is 3.19. The van der Waals surface area contributed by atoms with E-state index in [0.29, 0.717) is 10.7 Å². The lowest BCUT2D eigenvalue weighted by atomic mass is 9.87. The fourth-order valence-corrected chi connectivity index (χ4v) is 2.56. The summed E-state index contributed by atoms with van der Waals surface area (Å²) in [6, 6.07) is 12.9. The summed E-state index contributed by atoms with van der Waals surface area (Å²) in [5.41, 5.74) is 2.15. The second kappa shape index (κ2) is 5.78. The van der Waals surface area contributed by atoms with Gasteiger partial charge in [0.2, 0.25) is 0 Å². The minimum Gasteiger partial charge on any atom is -0.479 e. The Kier molecular flexibility index (Phi) is 4.24. The van der Waals surface area contributed by atoms with E-state index in [0.717, 1.165) is 16.7 Å². The molecular formula is C17H18ClNO2. The lowest BCUT2D eigenvalue weighted by Crippen LogP contribution is -2.41. The standard InChI is InChI=1S/C17H18ClNO2/c1-11-7-8-12(2)15(9-11)17(3,16(20)21)19-14-6-4-5-13(18)10-14/h4-10,19H,1-3H3,(H,20,21). The summed E-state index contributed by atoms with van der Waals surface area (Å²) in [7, 11) is 0. The second-order valence-corrected chi connectivity index (χ2v) is 5.82. The molecule has 0 saturated heterocycles. The van der Waals surface area contributed by atoms with Crippen LogP contribution < -0.4 is 5.32 Å². The van der Waals surface area contributed by atoms with Gasteiger partial charge in [-0.25, -0.2) is 4.79 Å². The zero-order valence-corrected chi connectivity index (χ0v) is 13.0. The molecule has 2 aromatic carbocycles. The smallest absolute Gasteiger partial charge is 0.333 e. The first-order valence-electron chi connectivity index (χ1n) is 6.68. The van der Waals surface area contributed by atoms with Crippen molar-refractivity contribution in [1.82, 2.24) is 0 Å². The van der Waals surface area contributed by atoms with Crippen LogP contribution in [0.4, 0.5) is 5.69 Å². The number of carboxylic acid groups (broad SMARTS) is 1. The fraction of sp³-hybridized carbons (Fsp3) is 0.235. The van der Waals surface area contributed by atoms with Crippen LogP contribution in [0.2, 0.25) is 5.02 Å². The van der Waals surface area contributed by atoms with E-state index in [1.165, 1.54) is 0 Å². The predicted octanol–water partition coefficient (Wildman–Crippen LogP) is 4.37. The number of hydrogen-bond donors (Lipinski definition) is 2. The molecule has 0 amide bonds. The molecule has 0 bridgehead atoms. The van der Waals surface area contributed by atoms with Gasteiger partial charge < -0.3 is 10.4 Å². The molecule has 0 fully saturated rings. The summed E-state index contributed by atoms with van der Waals surface area (Å²) in [5, 5.41) is 13.4. The summed E-state index contributed by atoms with van der Waals surface area (Å²) in [4.78, 5) is 11.9. The molecule has 0 saturated carbocycles. The van der Waals surface area contributed by atoms with E-state index in [2.05, 4.69) is 5.32 Å². The van der Waals surface area contributed by atoms with Gasteiger partial charge >= 0.3 is 5.97 Å². The molecule has 2 N–H and O–H groups in total. The van der Waals surface area contributed by atoms with Crippen LogP contribution in [0.25, 0.3) is 0 Å². The van der Waals surface area contributed by atoms with Crippen molar-refractivity contribution in [2.24, 2.45) is 0 Å². The Labute approximate surface area is 129 Å². The molecule has 0 aliphatic heterocycles. The first-order chi connectivity index (χ1) is 9.83. The molecule has 4 heteroatoms. The van der Waals surface area contributed by atoms with E-state index >= 15 is 0 Å². The number of aliphatic carboxylic acids is 1. The number of hydrogen-bond acceptors (Lipinski definition) is 2. The van der Waals surface area contributed by atoms with Crippen molar-refractivity contribution in [2.75, 3.05) is 5.32 Å². The molecule has 0 radical (unpaired) electrons. The Morgan fingerprint density at radius 3 is 2.52 bits per heavy atom. The fourth-order valence-electron chi connectivity index (χ4n) is 2.37. The lowest BCUT2D eigenvalue weighted by Gasteiger charge is -2.30. The normalized spacial score (nSPS) is 13.5. The Balaban J connectivity index is 2.50. The van der Waals surface area contributed by atoms with Crippen LogP contribution in [0, 0.1) is 13.8 Å². The number of nitrogens with one attached hydrogen (secondary N) is 1. The highest BCUT2D eigenvalue weighted by Crippen LogP contribution is 2.30. The van der Waals surface area contributed by atoms with E-state index in [1.807, 2.05) is 32.0 Å². The molecule has 2 rings (SSSR count). The van der Waals surface area contributed by atoms with Crippen LogP contribution in [0.15, 0.2) is 42.5 Å². The number of carbonyl (C=O) groups is 1. The number of aryl methyl sites for hydroxylation is 2. The molecular weight excluding hydrogens is 286 g/mol. The van der Waals surface area contributed by atoms with Crippen molar-refractivity contribution >= 4 is 23.3 Å². The minimum atomic E-state index is -1.22. The topological polar surface area (TPSA) is 49.3 Å². The Morgan fingerprint density at radius 1 is 1.19 bits per heavy atom. The molecule has 1 unspecified atom stereocenters. The summed E-state index contributed by atoms with van der Waals surface area (Å²) in [6.45, 7) is 5.53. The molecule has 0 aliphatic rings. The number of benzene rings is 2. The van der Waals surface area contributed by atoms with Crippen LogP contribution >= 0.6 is 11.6 Å². The Morgan fingerprint density at radius 2 is 1.90 bits per heavy atom. The van der Waals surface area contributed by atoms with Crippen molar-refractivity contribution in [3.05, 3.63) is 64.2 Å². The van der Waals surface area contributed by atoms with E-state index in [1.54, 1.807) is 31.2 Å². The average molecular weight is 304 g/mol. The minimum absolute atomic E-state index is 0.564. The van der Waals surface area contributed by atoms with Gasteiger partial charge in [0.15, 0.2) is 5.54 Å². The molecule has 2 aromatic rings. The molecule has 0 aliphatic carbocycles. The molecule has 0 heterocycles. The number of rotatable bonds is 4. The highest BCUT2D eigenvalue weighted by molar-refractivity contribution is 6.30. The van der Waals surface area contributed by atoms with Gasteiger partial charge in [-0.05, 0) is 50.1 Å². The predicted molar refractivity (Wildman–Crippen MR) is 86.0 cm³/mol. The molecule has 110 valence electrons. The molecule has 21 heavy (non-hydrogen) atoms. The highest BCUT2D eigenvalue weighted by Gasteiger charge is 2.36. The summed E-state index contributed by atoms with van der Waals surface area (Å²) < 4.78 is 0. The van der Waals surface area contributed by atoms with Gasteiger partial charge in [-0.15, -0.1) is 0 Å². The number of anilines is 1. The van der Waals surface area contributed by atoms with E-state index in [-0.39, 0.29) is 0 Å².